The first kappa shape index (κ1) is 17.7. The van der Waals surface area contributed by atoms with Gasteiger partial charge in [-0.25, -0.2) is 0 Å². The molecule has 3 heterocycles. The maximum absolute atomic E-state index is 5.85. The van der Waals surface area contributed by atoms with Gasteiger partial charge in [0.25, 0.3) is 0 Å². The average Bonchev–Trinajstić information content (AvgIpc) is 3.11. The van der Waals surface area contributed by atoms with Gasteiger partial charge in [0.1, 0.15) is 0 Å². The number of hydrogen-bond acceptors (Lipinski definition) is 6. The predicted octanol–water partition coefficient (Wildman–Crippen LogP) is 1.18. The fraction of sp³-hybridized carbons (Fsp3) is 0.150. The second kappa shape index (κ2) is 7.91. The number of fused-ring (bicyclic) bond motifs is 1. The summed E-state index contributed by atoms with van der Waals surface area (Å²) >= 11 is -0.251. The summed E-state index contributed by atoms with van der Waals surface area (Å²) in [5, 5.41) is 0. The second-order valence-corrected chi connectivity index (χ2v) is 7.16. The van der Waals surface area contributed by atoms with Crippen molar-refractivity contribution in [1.29, 1.82) is 0 Å². The topological polar surface area (TPSA) is 70.3 Å². The molecule has 7 heteroatoms. The van der Waals surface area contributed by atoms with Gasteiger partial charge in [0.15, 0.2) is 0 Å². The van der Waals surface area contributed by atoms with Crippen LogP contribution in [0.5, 0.6) is 11.5 Å². The fourth-order valence-electron chi connectivity index (χ4n) is 2.59. The summed E-state index contributed by atoms with van der Waals surface area (Å²) in [5.41, 5.74) is 4.13. The number of oxazole rings is 1. The van der Waals surface area contributed by atoms with Gasteiger partial charge in [0, 0.05) is 17.5 Å². The summed E-state index contributed by atoms with van der Waals surface area (Å²) in [5.74, 6) is 2.09. The van der Waals surface area contributed by atoms with E-state index in [2.05, 4.69) is 19.9 Å². The molecule has 0 bridgehead atoms. The van der Waals surface area contributed by atoms with Crippen molar-refractivity contribution >= 4 is 11.1 Å². The number of pyridine rings is 2. The van der Waals surface area contributed by atoms with E-state index >= 15 is 0 Å². The molecule has 3 aromatic heterocycles. The molecule has 0 saturated heterocycles. The van der Waals surface area contributed by atoms with E-state index in [1.165, 1.54) is 0 Å². The van der Waals surface area contributed by atoms with Crippen molar-refractivity contribution in [2.45, 2.75) is 13.5 Å². The van der Waals surface area contributed by atoms with E-state index in [9.17, 15) is 0 Å². The van der Waals surface area contributed by atoms with Crippen LogP contribution in [0.3, 0.4) is 0 Å². The third kappa shape index (κ3) is 4.19. The van der Waals surface area contributed by atoms with Crippen molar-refractivity contribution < 1.29 is 33.8 Å². The molecule has 0 unspecified atom stereocenters. The van der Waals surface area contributed by atoms with E-state index in [0.717, 1.165) is 34.0 Å². The molecule has 0 atom stereocenters. The van der Waals surface area contributed by atoms with Gasteiger partial charge in [-0.1, -0.05) is 0 Å². The Labute approximate surface area is 167 Å². The van der Waals surface area contributed by atoms with Gasteiger partial charge in [-0.15, -0.1) is 0 Å². The van der Waals surface area contributed by atoms with Crippen molar-refractivity contribution in [2.24, 2.45) is 0 Å². The molecule has 0 amide bonds. The quantitative estimate of drug-likeness (QED) is 0.309. The van der Waals surface area contributed by atoms with Crippen LogP contribution < -0.4 is 29.4 Å². The van der Waals surface area contributed by atoms with Crippen LogP contribution in [0, 0.1) is 6.92 Å². The Kier molecular flexibility index (Phi) is 5.19. The van der Waals surface area contributed by atoms with Crippen molar-refractivity contribution in [2.75, 3.05) is 4.93 Å². The van der Waals surface area contributed by atoms with Crippen LogP contribution in [0.25, 0.3) is 22.6 Å². The zero-order chi connectivity index (χ0) is 18.6. The number of alkyl halides is 1. The standard InChI is InChI=1S/C20H17IN3O3/c1-13-9-14(7-8-22-13)20-24-18-10-16(5-6-19(18)26-20)25-12-15-3-4-17(11-23-15)27-21-2/h3-11H,12H2,1-2H3/q-1. The van der Waals surface area contributed by atoms with E-state index in [4.69, 9.17) is 12.2 Å². The summed E-state index contributed by atoms with van der Waals surface area (Å²) < 4.78 is 17.2. The molecule has 0 saturated carbocycles. The van der Waals surface area contributed by atoms with Crippen LogP contribution in [0.1, 0.15) is 11.4 Å². The summed E-state index contributed by atoms with van der Waals surface area (Å²) in [6.07, 6.45) is 3.48. The van der Waals surface area contributed by atoms with E-state index in [1.807, 2.05) is 49.4 Å². The third-order valence-corrected chi connectivity index (χ3v) is 4.80. The zero-order valence-electron chi connectivity index (χ0n) is 14.8. The maximum atomic E-state index is 5.85. The number of hydrogen-bond donors (Lipinski definition) is 0. The Morgan fingerprint density at radius 2 is 1.93 bits per heavy atom. The Hall–Kier alpha value is -2.68. The first-order chi connectivity index (χ1) is 13.2. The van der Waals surface area contributed by atoms with Gasteiger partial charge < -0.3 is 0 Å². The van der Waals surface area contributed by atoms with Gasteiger partial charge in [-0.3, -0.25) is 4.98 Å². The number of ether oxygens (including phenoxy) is 1. The van der Waals surface area contributed by atoms with Crippen molar-refractivity contribution in [3.8, 4) is 23.0 Å². The minimum absolute atomic E-state index is 0.251. The molecule has 4 aromatic rings. The molecule has 0 fully saturated rings. The molecular formula is C20H17IN3O3-. The number of nitrogens with zero attached hydrogens (tertiary/aromatic N) is 3. The van der Waals surface area contributed by atoms with Gasteiger partial charge >= 0.3 is 126 Å². The molecule has 0 aliphatic rings. The Morgan fingerprint density at radius 1 is 1.04 bits per heavy atom. The molecule has 0 spiro atoms. The summed E-state index contributed by atoms with van der Waals surface area (Å²) in [4.78, 5) is 15.2. The van der Waals surface area contributed by atoms with E-state index in [1.54, 1.807) is 12.4 Å². The van der Waals surface area contributed by atoms with Crippen LogP contribution in [0.4, 0.5) is 0 Å². The normalized spacial score (nSPS) is 11.0. The van der Waals surface area contributed by atoms with Crippen molar-refractivity contribution in [3.63, 3.8) is 0 Å². The number of benzene rings is 1. The van der Waals surface area contributed by atoms with Crippen molar-refractivity contribution in [1.82, 2.24) is 15.0 Å². The van der Waals surface area contributed by atoms with E-state index in [0.29, 0.717) is 18.1 Å². The molecule has 138 valence electrons. The van der Waals surface area contributed by atoms with Gasteiger partial charge in [-0.2, -0.15) is 0 Å². The summed E-state index contributed by atoms with van der Waals surface area (Å²) in [6, 6.07) is 13.3. The van der Waals surface area contributed by atoms with Crippen LogP contribution in [-0.4, -0.2) is 19.9 Å². The van der Waals surface area contributed by atoms with Crippen LogP contribution >= 0.6 is 0 Å². The summed E-state index contributed by atoms with van der Waals surface area (Å²) in [6.45, 7) is 2.32. The Bertz CT molecular complexity index is 1060. The number of halogens is 1. The van der Waals surface area contributed by atoms with Gasteiger partial charge in [-0.05, 0) is 19.1 Å². The first-order valence-electron chi connectivity index (χ1n) is 8.29. The average molecular weight is 474 g/mol. The monoisotopic (exact) mass is 474 g/mol. The Morgan fingerprint density at radius 3 is 2.70 bits per heavy atom. The predicted molar refractivity (Wildman–Crippen MR) is 97.1 cm³/mol. The molecule has 27 heavy (non-hydrogen) atoms. The molecule has 0 aliphatic heterocycles. The molecule has 4 rings (SSSR count). The minimum atomic E-state index is -0.251. The molecular weight excluding hydrogens is 457 g/mol. The summed E-state index contributed by atoms with van der Waals surface area (Å²) in [7, 11) is 0. The second-order valence-electron chi connectivity index (χ2n) is 5.84. The van der Waals surface area contributed by atoms with Gasteiger partial charge in [0.05, 0.1) is 0 Å². The van der Waals surface area contributed by atoms with Gasteiger partial charge in [0.2, 0.25) is 0 Å². The molecule has 6 nitrogen and oxygen atoms in total. The molecule has 1 aromatic carbocycles. The number of aryl methyl sites for hydroxylation is 1. The number of rotatable bonds is 6. The first-order valence-corrected chi connectivity index (χ1v) is 11.3. The van der Waals surface area contributed by atoms with Crippen LogP contribution in [0.2, 0.25) is 0 Å². The molecule has 0 radical (unpaired) electrons. The fourth-order valence-corrected chi connectivity index (χ4v) is 3.36. The van der Waals surface area contributed by atoms with Crippen LogP contribution in [0.15, 0.2) is 59.3 Å². The van der Waals surface area contributed by atoms with E-state index < -0.39 is 0 Å². The van der Waals surface area contributed by atoms with Crippen LogP contribution in [-0.2, 0) is 6.61 Å². The zero-order valence-corrected chi connectivity index (χ0v) is 17.0. The molecule has 0 aliphatic carbocycles. The SMILES string of the molecule is C[I-]Oc1ccc(COc2ccc3oc(-c4ccnc(C)c4)nc3c2)nc1. The Balaban J connectivity index is 1.49. The van der Waals surface area contributed by atoms with E-state index in [-0.39, 0.29) is 21.6 Å². The number of aromatic nitrogens is 3. The van der Waals surface area contributed by atoms with Crippen molar-refractivity contribution in [3.05, 3.63) is 66.2 Å². The third-order valence-electron chi connectivity index (χ3n) is 3.85. The molecule has 0 N–H and O–H groups in total.